The normalized spacial score (nSPS) is 12.9. The van der Waals surface area contributed by atoms with Gasteiger partial charge in [0.2, 0.25) is 29.5 Å². The van der Waals surface area contributed by atoms with Crippen LogP contribution < -0.4 is 38.1 Å². The molecule has 3 atom stereocenters. The second kappa shape index (κ2) is 19.9. The Kier molecular flexibility index (Phi) is 17.1. The zero-order chi connectivity index (χ0) is 31.5. The fourth-order valence-corrected chi connectivity index (χ4v) is 3.94. The number of nitrogens with two attached hydrogens (primary N) is 2. The summed E-state index contributed by atoms with van der Waals surface area (Å²) in [5.41, 5.74) is 11.5. The zero-order valence-electron chi connectivity index (χ0n) is 24.3. The molecule has 0 aliphatic rings. The summed E-state index contributed by atoms with van der Waals surface area (Å²) < 4.78 is 0. The number of carboxylic acid groups (broad SMARTS) is 1. The van der Waals surface area contributed by atoms with E-state index >= 15 is 0 Å². The minimum absolute atomic E-state index is 0.0238. The first-order chi connectivity index (χ1) is 20.0. The SMILES string of the molecule is CC(C)C[C@H](NC(=O)[C@H](Cc1ccccc1)NC(=O)CNC(=O)CNC(=O)CCN)C(=O)N[C@@H](CCCCN)C(=O)O. The molecule has 0 saturated heterocycles. The van der Waals surface area contributed by atoms with Crippen LogP contribution in [0.3, 0.4) is 0 Å². The van der Waals surface area contributed by atoms with Gasteiger partial charge in [-0.05, 0) is 43.7 Å². The first-order valence-electron chi connectivity index (χ1n) is 14.1. The number of unbranched alkanes of at least 4 members (excludes halogenated alkanes) is 1. The molecule has 5 amide bonds. The standard InChI is InChI=1S/C28H45N7O7/c1-18(2)14-21(26(39)34-20(28(41)42)10-6-7-12-29)35-27(40)22(15-19-8-4-3-5-9-19)33-25(38)17-32-24(37)16-31-23(36)11-13-30/h3-5,8-9,18,20-22H,6-7,10-17,29-30H2,1-2H3,(H,31,36)(H,32,37)(H,33,38)(H,34,39)(H,35,40)(H,41,42)/t20-,21-,22-/m0/s1. The molecule has 1 rings (SSSR count). The van der Waals surface area contributed by atoms with Crippen LogP contribution >= 0.6 is 0 Å². The molecule has 0 aliphatic carbocycles. The van der Waals surface area contributed by atoms with Crippen molar-refractivity contribution in [1.29, 1.82) is 0 Å². The van der Waals surface area contributed by atoms with Gasteiger partial charge in [0, 0.05) is 19.4 Å². The number of amides is 5. The highest BCUT2D eigenvalue weighted by Gasteiger charge is 2.30. The molecule has 0 radical (unpaired) electrons. The van der Waals surface area contributed by atoms with E-state index in [-0.39, 0.29) is 44.7 Å². The summed E-state index contributed by atoms with van der Waals surface area (Å²) in [6.45, 7) is 3.45. The molecule has 0 spiro atoms. The summed E-state index contributed by atoms with van der Waals surface area (Å²) in [6, 6.07) is 5.59. The third kappa shape index (κ3) is 15.1. The third-order valence-electron chi connectivity index (χ3n) is 6.10. The van der Waals surface area contributed by atoms with Crippen molar-refractivity contribution in [3.05, 3.63) is 35.9 Å². The van der Waals surface area contributed by atoms with E-state index in [2.05, 4.69) is 26.6 Å². The Morgan fingerprint density at radius 3 is 1.93 bits per heavy atom. The fourth-order valence-electron chi connectivity index (χ4n) is 3.94. The summed E-state index contributed by atoms with van der Waals surface area (Å²) in [6.07, 6.45) is 1.69. The van der Waals surface area contributed by atoms with Crippen LogP contribution in [0.15, 0.2) is 30.3 Å². The van der Waals surface area contributed by atoms with Crippen LogP contribution in [-0.2, 0) is 35.2 Å². The molecule has 10 N–H and O–H groups in total. The summed E-state index contributed by atoms with van der Waals surface area (Å²) >= 11 is 0. The number of nitrogens with one attached hydrogen (secondary N) is 5. The predicted molar refractivity (Wildman–Crippen MR) is 156 cm³/mol. The molecule has 14 nitrogen and oxygen atoms in total. The number of aliphatic carboxylic acids is 1. The maximum Gasteiger partial charge on any atom is 0.326 e. The van der Waals surface area contributed by atoms with Gasteiger partial charge in [-0.15, -0.1) is 0 Å². The molecule has 0 unspecified atom stereocenters. The average Bonchev–Trinajstić information content (AvgIpc) is 2.94. The van der Waals surface area contributed by atoms with Gasteiger partial charge in [0.15, 0.2) is 0 Å². The fraction of sp³-hybridized carbons (Fsp3) is 0.571. The van der Waals surface area contributed by atoms with Crippen molar-refractivity contribution in [3.8, 4) is 0 Å². The molecule has 0 heterocycles. The number of rotatable bonds is 20. The van der Waals surface area contributed by atoms with Crippen molar-refractivity contribution >= 4 is 35.5 Å². The molecule has 42 heavy (non-hydrogen) atoms. The molecule has 0 fully saturated rings. The Labute approximate surface area is 246 Å². The van der Waals surface area contributed by atoms with E-state index in [0.717, 1.165) is 5.56 Å². The lowest BCUT2D eigenvalue weighted by molar-refractivity contribution is -0.142. The number of carbonyl (C=O) groups is 6. The summed E-state index contributed by atoms with van der Waals surface area (Å²) in [5.74, 6) is -4.18. The molecule has 14 heteroatoms. The number of hydrogen-bond acceptors (Lipinski definition) is 8. The molecule has 1 aromatic carbocycles. The topological polar surface area (TPSA) is 235 Å². The third-order valence-corrected chi connectivity index (χ3v) is 6.10. The van der Waals surface area contributed by atoms with Gasteiger partial charge in [0.1, 0.15) is 18.1 Å². The monoisotopic (exact) mass is 591 g/mol. The van der Waals surface area contributed by atoms with Gasteiger partial charge < -0.3 is 43.2 Å². The van der Waals surface area contributed by atoms with Gasteiger partial charge in [0.25, 0.3) is 0 Å². The van der Waals surface area contributed by atoms with Crippen molar-refractivity contribution in [2.24, 2.45) is 17.4 Å². The first kappa shape index (κ1) is 36.0. The van der Waals surface area contributed by atoms with E-state index in [4.69, 9.17) is 11.5 Å². The first-order valence-corrected chi connectivity index (χ1v) is 14.1. The minimum atomic E-state index is -1.19. The molecule has 0 aliphatic heterocycles. The number of hydrogen-bond donors (Lipinski definition) is 8. The lowest BCUT2D eigenvalue weighted by Gasteiger charge is -2.25. The van der Waals surface area contributed by atoms with Crippen LogP contribution in [0.2, 0.25) is 0 Å². The quantitative estimate of drug-likeness (QED) is 0.0825. The van der Waals surface area contributed by atoms with Crippen LogP contribution in [0, 0.1) is 5.92 Å². The van der Waals surface area contributed by atoms with E-state index in [9.17, 15) is 33.9 Å². The summed E-state index contributed by atoms with van der Waals surface area (Å²) in [7, 11) is 0. The highest BCUT2D eigenvalue weighted by atomic mass is 16.4. The molecule has 1 aromatic rings. The summed E-state index contributed by atoms with van der Waals surface area (Å²) in [5, 5.41) is 22.1. The molecule has 0 saturated carbocycles. The van der Waals surface area contributed by atoms with Crippen molar-refractivity contribution in [2.45, 2.75) is 70.5 Å². The smallest absolute Gasteiger partial charge is 0.326 e. The largest absolute Gasteiger partial charge is 0.480 e. The Hall–Kier alpha value is -4.04. The second-order valence-electron chi connectivity index (χ2n) is 10.3. The van der Waals surface area contributed by atoms with Gasteiger partial charge in [-0.3, -0.25) is 24.0 Å². The highest BCUT2D eigenvalue weighted by Crippen LogP contribution is 2.09. The number of carboxylic acids is 1. The van der Waals surface area contributed by atoms with E-state index in [1.54, 1.807) is 30.3 Å². The molecular formula is C28H45N7O7. The Balaban J connectivity index is 2.95. The van der Waals surface area contributed by atoms with Crippen LogP contribution in [0.5, 0.6) is 0 Å². The maximum absolute atomic E-state index is 13.4. The van der Waals surface area contributed by atoms with Crippen LogP contribution in [0.25, 0.3) is 0 Å². The average molecular weight is 592 g/mol. The molecule has 0 aromatic heterocycles. The summed E-state index contributed by atoms with van der Waals surface area (Å²) in [4.78, 5) is 74.4. The van der Waals surface area contributed by atoms with E-state index in [1.165, 1.54) is 0 Å². The maximum atomic E-state index is 13.4. The predicted octanol–water partition coefficient (Wildman–Crippen LogP) is -1.48. The van der Waals surface area contributed by atoms with Crippen molar-refractivity contribution in [3.63, 3.8) is 0 Å². The van der Waals surface area contributed by atoms with Gasteiger partial charge in [-0.25, -0.2) is 4.79 Å². The number of benzene rings is 1. The Morgan fingerprint density at radius 2 is 1.33 bits per heavy atom. The number of carbonyl (C=O) groups excluding carboxylic acids is 5. The van der Waals surface area contributed by atoms with Crippen LogP contribution in [0.1, 0.15) is 51.5 Å². The van der Waals surface area contributed by atoms with Crippen molar-refractivity contribution < 1.29 is 33.9 Å². The second-order valence-corrected chi connectivity index (χ2v) is 10.3. The zero-order valence-corrected chi connectivity index (χ0v) is 24.3. The van der Waals surface area contributed by atoms with Gasteiger partial charge in [-0.2, -0.15) is 0 Å². The van der Waals surface area contributed by atoms with Gasteiger partial charge >= 0.3 is 5.97 Å². The van der Waals surface area contributed by atoms with Gasteiger partial charge in [0.05, 0.1) is 13.1 Å². The lowest BCUT2D eigenvalue weighted by Crippen LogP contribution is -2.57. The minimum Gasteiger partial charge on any atom is -0.480 e. The molecule has 0 bridgehead atoms. The van der Waals surface area contributed by atoms with Gasteiger partial charge in [-0.1, -0.05) is 44.2 Å². The molecule has 234 valence electrons. The van der Waals surface area contributed by atoms with Crippen molar-refractivity contribution in [2.75, 3.05) is 26.2 Å². The highest BCUT2D eigenvalue weighted by molar-refractivity contribution is 5.94. The van der Waals surface area contributed by atoms with E-state index < -0.39 is 60.2 Å². The van der Waals surface area contributed by atoms with Crippen LogP contribution in [0.4, 0.5) is 0 Å². The van der Waals surface area contributed by atoms with E-state index in [0.29, 0.717) is 19.4 Å². The van der Waals surface area contributed by atoms with Crippen molar-refractivity contribution in [1.82, 2.24) is 26.6 Å². The van der Waals surface area contributed by atoms with Crippen LogP contribution in [-0.4, -0.2) is 84.9 Å². The Morgan fingerprint density at radius 1 is 0.738 bits per heavy atom. The molecular weight excluding hydrogens is 546 g/mol. The Bertz CT molecular complexity index is 1040. The lowest BCUT2D eigenvalue weighted by atomic mass is 10.0. The van der Waals surface area contributed by atoms with E-state index in [1.807, 2.05) is 13.8 Å².